The predicted molar refractivity (Wildman–Crippen MR) is 100 cm³/mol. The summed E-state index contributed by atoms with van der Waals surface area (Å²) in [5.41, 5.74) is 7.02. The Morgan fingerprint density at radius 1 is 1.12 bits per heavy atom. The van der Waals surface area contributed by atoms with Gasteiger partial charge in [-0.3, -0.25) is 9.59 Å². The molecule has 0 fully saturated rings. The number of carboxylic acid groups (broad SMARTS) is 1. The smallest absolute Gasteiger partial charge is 0.320 e. The molecule has 1 aromatic carbocycles. The molecule has 0 saturated carbocycles. The predicted octanol–water partition coefficient (Wildman–Crippen LogP) is 3.71. The Bertz CT molecular complexity index is 523. The van der Waals surface area contributed by atoms with Gasteiger partial charge in [0.15, 0.2) is 0 Å². The van der Waals surface area contributed by atoms with Crippen LogP contribution in [-0.2, 0) is 16.0 Å². The number of benzene rings is 1. The summed E-state index contributed by atoms with van der Waals surface area (Å²) < 4.78 is 0. The van der Waals surface area contributed by atoms with Gasteiger partial charge in [-0.15, -0.1) is 0 Å². The molecule has 1 aromatic rings. The maximum Gasteiger partial charge on any atom is 0.320 e. The van der Waals surface area contributed by atoms with Crippen molar-refractivity contribution in [1.29, 1.82) is 0 Å². The summed E-state index contributed by atoms with van der Waals surface area (Å²) in [5, 5.41) is 12.8. The minimum atomic E-state index is -1.03. The normalized spacial score (nSPS) is 11.9. The lowest BCUT2D eigenvalue weighted by atomic mass is 10.1. The Morgan fingerprint density at radius 3 is 2.46 bits per heavy atom. The molecule has 0 aliphatic carbocycles. The molecule has 0 heterocycles. The van der Waals surface area contributed by atoms with Crippen LogP contribution in [0.15, 0.2) is 24.3 Å². The van der Waals surface area contributed by atoms with Gasteiger partial charge >= 0.3 is 5.97 Å². The van der Waals surface area contributed by atoms with Gasteiger partial charge in [0, 0.05) is 17.4 Å². The van der Waals surface area contributed by atoms with Crippen molar-refractivity contribution in [3.8, 4) is 0 Å². The number of aliphatic carboxylic acids is 1. The summed E-state index contributed by atoms with van der Waals surface area (Å²) in [6, 6.07) is 6.25. The zero-order valence-electron chi connectivity index (χ0n) is 14.0. The average Bonchev–Trinajstić information content (AvgIpc) is 2.54. The molecule has 1 unspecified atom stereocenters. The van der Waals surface area contributed by atoms with Crippen LogP contribution in [0.2, 0.25) is 0 Å². The number of amides is 1. The third-order valence-electron chi connectivity index (χ3n) is 3.77. The Morgan fingerprint density at radius 2 is 1.79 bits per heavy atom. The molecule has 0 saturated heterocycles. The number of nitrogens with two attached hydrogens (primary N) is 1. The fourth-order valence-corrected chi connectivity index (χ4v) is 2.82. The first-order valence-electron chi connectivity index (χ1n) is 8.46. The summed E-state index contributed by atoms with van der Waals surface area (Å²) in [4.78, 5) is 22.8. The van der Waals surface area contributed by atoms with Crippen molar-refractivity contribution in [2.24, 2.45) is 5.73 Å². The third kappa shape index (κ3) is 9.03. The molecular weight excluding hydrogens is 372 g/mol. The highest BCUT2D eigenvalue weighted by atomic mass is 79.9. The van der Waals surface area contributed by atoms with Crippen LogP contribution in [0.1, 0.15) is 50.5 Å². The number of alkyl halides is 1. The second-order valence-corrected chi connectivity index (χ2v) is 6.75. The van der Waals surface area contributed by atoms with E-state index in [1.165, 1.54) is 25.7 Å². The number of carbonyl (C=O) groups is 2. The van der Waals surface area contributed by atoms with E-state index in [4.69, 9.17) is 10.8 Å². The van der Waals surface area contributed by atoms with Crippen LogP contribution in [0.3, 0.4) is 0 Å². The second-order valence-electron chi connectivity index (χ2n) is 5.96. The fraction of sp³-hybridized carbons (Fsp3) is 0.556. The maximum absolute atomic E-state index is 12.0. The SMILES string of the molecule is NC(Cc1cccc(NC(=O)CCCCCCCCBr)c1)C(=O)O. The summed E-state index contributed by atoms with van der Waals surface area (Å²) in [5.74, 6) is -1.03. The van der Waals surface area contributed by atoms with Crippen LogP contribution < -0.4 is 11.1 Å². The fourth-order valence-electron chi connectivity index (χ4n) is 2.43. The topological polar surface area (TPSA) is 92.4 Å². The molecule has 1 amide bonds. The average molecular weight is 399 g/mol. The molecule has 4 N–H and O–H groups in total. The molecule has 1 atom stereocenters. The van der Waals surface area contributed by atoms with E-state index in [9.17, 15) is 9.59 Å². The summed E-state index contributed by atoms with van der Waals surface area (Å²) >= 11 is 3.42. The molecule has 1 rings (SSSR count). The lowest BCUT2D eigenvalue weighted by Crippen LogP contribution is -2.32. The zero-order valence-corrected chi connectivity index (χ0v) is 15.6. The summed E-state index contributed by atoms with van der Waals surface area (Å²) in [6.07, 6.45) is 7.56. The number of carbonyl (C=O) groups excluding carboxylic acids is 1. The van der Waals surface area contributed by atoms with E-state index in [1.807, 2.05) is 6.07 Å². The Hall–Kier alpha value is -1.40. The molecule has 0 bridgehead atoms. The molecule has 0 spiro atoms. The van der Waals surface area contributed by atoms with Crippen LogP contribution >= 0.6 is 15.9 Å². The highest BCUT2D eigenvalue weighted by Gasteiger charge is 2.12. The minimum absolute atomic E-state index is 0.00450. The van der Waals surface area contributed by atoms with Gasteiger partial charge in [0.2, 0.25) is 5.91 Å². The van der Waals surface area contributed by atoms with Crippen molar-refractivity contribution >= 4 is 33.5 Å². The first-order valence-corrected chi connectivity index (χ1v) is 9.58. The van der Waals surface area contributed by atoms with Crippen LogP contribution in [-0.4, -0.2) is 28.4 Å². The lowest BCUT2D eigenvalue weighted by molar-refractivity contribution is -0.138. The molecule has 24 heavy (non-hydrogen) atoms. The number of anilines is 1. The van der Waals surface area contributed by atoms with Gasteiger partial charge in [-0.05, 0) is 37.0 Å². The largest absolute Gasteiger partial charge is 0.480 e. The van der Waals surface area contributed by atoms with E-state index in [-0.39, 0.29) is 12.3 Å². The zero-order chi connectivity index (χ0) is 17.8. The molecule has 0 radical (unpaired) electrons. The number of hydrogen-bond acceptors (Lipinski definition) is 3. The molecule has 0 aliphatic rings. The number of unbranched alkanes of at least 4 members (excludes halogenated alkanes) is 5. The van der Waals surface area contributed by atoms with Crippen molar-refractivity contribution < 1.29 is 14.7 Å². The van der Waals surface area contributed by atoms with E-state index in [0.717, 1.165) is 23.7 Å². The van der Waals surface area contributed by atoms with Crippen molar-refractivity contribution in [3.05, 3.63) is 29.8 Å². The van der Waals surface area contributed by atoms with Crippen molar-refractivity contribution in [3.63, 3.8) is 0 Å². The van der Waals surface area contributed by atoms with Crippen LogP contribution in [0, 0.1) is 0 Å². The van der Waals surface area contributed by atoms with E-state index in [1.54, 1.807) is 18.2 Å². The number of hydrogen-bond donors (Lipinski definition) is 3. The number of carboxylic acids is 1. The Kier molecular flexibility index (Phi) is 10.4. The van der Waals surface area contributed by atoms with Gasteiger partial charge in [-0.2, -0.15) is 0 Å². The summed E-state index contributed by atoms with van der Waals surface area (Å²) in [7, 11) is 0. The van der Waals surface area contributed by atoms with Gasteiger partial charge in [0.25, 0.3) is 0 Å². The third-order valence-corrected chi connectivity index (χ3v) is 4.33. The molecule has 0 aromatic heterocycles. The van der Waals surface area contributed by atoms with Gasteiger partial charge in [0.05, 0.1) is 0 Å². The van der Waals surface area contributed by atoms with Gasteiger partial charge in [-0.25, -0.2) is 0 Å². The molecular formula is C18H27BrN2O3. The van der Waals surface area contributed by atoms with Gasteiger partial charge < -0.3 is 16.2 Å². The molecule has 5 nitrogen and oxygen atoms in total. The number of halogens is 1. The lowest BCUT2D eigenvalue weighted by Gasteiger charge is -2.09. The van der Waals surface area contributed by atoms with Crippen LogP contribution in [0.5, 0.6) is 0 Å². The summed E-state index contributed by atoms with van der Waals surface area (Å²) in [6.45, 7) is 0. The minimum Gasteiger partial charge on any atom is -0.480 e. The standard InChI is InChI=1S/C18H27BrN2O3/c19-11-6-4-2-1-3-5-10-17(22)21-15-9-7-8-14(12-15)13-16(20)18(23)24/h7-9,12,16H,1-6,10-11,13,20H2,(H,21,22)(H,23,24). The first-order chi connectivity index (χ1) is 11.5. The van der Waals surface area contributed by atoms with E-state index in [2.05, 4.69) is 21.2 Å². The molecule has 0 aliphatic heterocycles. The quantitative estimate of drug-likeness (QED) is 0.369. The highest BCUT2D eigenvalue weighted by molar-refractivity contribution is 9.09. The van der Waals surface area contributed by atoms with Crippen molar-refractivity contribution in [2.45, 2.75) is 57.4 Å². The van der Waals surface area contributed by atoms with Crippen molar-refractivity contribution in [1.82, 2.24) is 0 Å². The highest BCUT2D eigenvalue weighted by Crippen LogP contribution is 2.14. The first kappa shape index (κ1) is 20.6. The van der Waals surface area contributed by atoms with Crippen molar-refractivity contribution in [2.75, 3.05) is 10.6 Å². The maximum atomic E-state index is 12.0. The van der Waals surface area contributed by atoms with Crippen LogP contribution in [0.4, 0.5) is 5.69 Å². The van der Waals surface area contributed by atoms with Gasteiger partial charge in [-0.1, -0.05) is 53.7 Å². The monoisotopic (exact) mass is 398 g/mol. The molecule has 6 heteroatoms. The van der Waals surface area contributed by atoms with E-state index >= 15 is 0 Å². The van der Waals surface area contributed by atoms with Gasteiger partial charge in [0.1, 0.15) is 6.04 Å². The Balaban J connectivity index is 2.30. The van der Waals surface area contributed by atoms with E-state index in [0.29, 0.717) is 12.1 Å². The second kappa shape index (κ2) is 12.0. The van der Waals surface area contributed by atoms with Crippen LogP contribution in [0.25, 0.3) is 0 Å². The molecule has 134 valence electrons. The van der Waals surface area contributed by atoms with E-state index < -0.39 is 12.0 Å². The Labute approximate surface area is 152 Å². The number of rotatable bonds is 12. The number of nitrogens with one attached hydrogen (secondary N) is 1.